The van der Waals surface area contributed by atoms with E-state index in [1.807, 2.05) is 13.0 Å². The van der Waals surface area contributed by atoms with E-state index >= 15 is 0 Å². The van der Waals surface area contributed by atoms with Crippen LogP contribution in [0.2, 0.25) is 0 Å². The molecule has 3 aromatic rings. The summed E-state index contributed by atoms with van der Waals surface area (Å²) in [6.07, 6.45) is 5.18. The average molecular weight is 508 g/mol. The number of piperidine rings is 1. The van der Waals surface area contributed by atoms with Crippen LogP contribution in [0.4, 0.5) is 17.6 Å². The third-order valence-corrected chi connectivity index (χ3v) is 8.59. The van der Waals surface area contributed by atoms with Crippen LogP contribution >= 0.6 is 11.3 Å². The minimum absolute atomic E-state index is 0.339. The van der Waals surface area contributed by atoms with Gasteiger partial charge in [-0.15, -0.1) is 11.3 Å². The number of fused-ring (bicyclic) bond motifs is 3. The number of nitrogens with zero attached hydrogens (tertiary/aromatic N) is 6. The number of aromatic nitrogens is 4. The summed E-state index contributed by atoms with van der Waals surface area (Å²) in [5, 5.41) is 24.5. The number of nitrogens with one attached hydrogen (secondary N) is 3. The van der Waals surface area contributed by atoms with E-state index in [1.165, 1.54) is 17.7 Å². The first-order valence-electron chi connectivity index (χ1n) is 12.9. The van der Waals surface area contributed by atoms with E-state index in [0.29, 0.717) is 30.5 Å². The Morgan fingerprint density at radius 2 is 2.00 bits per heavy atom. The number of rotatable bonds is 8. The highest BCUT2D eigenvalue weighted by Gasteiger charge is 2.40. The molecule has 0 amide bonds. The summed E-state index contributed by atoms with van der Waals surface area (Å²) >= 11 is 1.74. The molecule has 11 heteroatoms. The second-order valence-corrected chi connectivity index (χ2v) is 11.2. The smallest absolute Gasteiger partial charge is 0.226 e. The topological polar surface area (TPSA) is 118 Å². The van der Waals surface area contributed by atoms with Gasteiger partial charge in [0, 0.05) is 67.4 Å². The van der Waals surface area contributed by atoms with Crippen LogP contribution < -0.4 is 10.6 Å². The van der Waals surface area contributed by atoms with Gasteiger partial charge in [-0.05, 0) is 38.7 Å². The third kappa shape index (κ3) is 5.04. The molecule has 3 saturated heterocycles. The summed E-state index contributed by atoms with van der Waals surface area (Å²) in [7, 11) is 0. The van der Waals surface area contributed by atoms with Crippen molar-refractivity contribution in [3.63, 3.8) is 0 Å². The molecule has 190 valence electrons. The summed E-state index contributed by atoms with van der Waals surface area (Å²) in [5.74, 6) is 2.21. The molecule has 6 rings (SSSR count). The number of nitriles is 1. The van der Waals surface area contributed by atoms with E-state index in [0.717, 1.165) is 79.8 Å². The van der Waals surface area contributed by atoms with E-state index in [1.54, 1.807) is 11.3 Å². The molecule has 2 bridgehead atoms. The van der Waals surface area contributed by atoms with E-state index < -0.39 is 0 Å². The van der Waals surface area contributed by atoms with Crippen LogP contribution in [-0.2, 0) is 11.3 Å². The van der Waals surface area contributed by atoms with Gasteiger partial charge >= 0.3 is 0 Å². The Hall–Kier alpha value is -2.78. The first-order valence-corrected chi connectivity index (χ1v) is 13.7. The molecule has 3 aliphatic heterocycles. The molecule has 3 fully saturated rings. The number of anilines is 3. The van der Waals surface area contributed by atoms with E-state index in [4.69, 9.17) is 20.0 Å². The number of thiophene rings is 1. The lowest BCUT2D eigenvalue weighted by Crippen LogP contribution is -2.47. The van der Waals surface area contributed by atoms with Gasteiger partial charge in [-0.25, -0.2) is 4.98 Å². The van der Waals surface area contributed by atoms with Crippen LogP contribution in [0.25, 0.3) is 10.2 Å². The molecule has 36 heavy (non-hydrogen) atoms. The van der Waals surface area contributed by atoms with Crippen LogP contribution in [0.1, 0.15) is 42.7 Å². The molecular weight excluding hydrogens is 474 g/mol. The van der Waals surface area contributed by atoms with Gasteiger partial charge in [0.05, 0.1) is 24.7 Å². The fourth-order valence-corrected chi connectivity index (χ4v) is 6.98. The normalized spacial score (nSPS) is 24.7. The Morgan fingerprint density at radius 3 is 2.72 bits per heavy atom. The fraction of sp³-hybridized carbons (Fsp3) is 0.600. The van der Waals surface area contributed by atoms with Crippen molar-refractivity contribution in [1.82, 2.24) is 30.0 Å². The first kappa shape index (κ1) is 23.6. The quantitative estimate of drug-likeness (QED) is 0.420. The number of ether oxygens (including phenoxy) is 1. The summed E-state index contributed by atoms with van der Waals surface area (Å²) in [5.41, 5.74) is 0.998. The fourth-order valence-electron chi connectivity index (χ4n) is 5.91. The van der Waals surface area contributed by atoms with Crippen LogP contribution in [0.3, 0.4) is 0 Å². The Kier molecular flexibility index (Phi) is 6.75. The maximum absolute atomic E-state index is 9.02. The van der Waals surface area contributed by atoms with Crippen LogP contribution in [-0.4, -0.2) is 80.9 Å². The lowest BCUT2D eigenvalue weighted by Gasteiger charge is -2.38. The molecular formula is C25H33N9OS. The molecule has 0 unspecified atom stereocenters. The highest BCUT2D eigenvalue weighted by Crippen LogP contribution is 2.37. The SMILES string of the molecule is Cc1cc(Nc2nc(N[C@@H]3C[C@H]4CC[C@@H](C3)N4CCC#N)nc3sc(CN4CCOCC4)cc23)n[nH]1. The van der Waals surface area contributed by atoms with Gasteiger partial charge in [-0.1, -0.05) is 0 Å². The van der Waals surface area contributed by atoms with Gasteiger partial charge in [0.15, 0.2) is 5.82 Å². The van der Waals surface area contributed by atoms with Gasteiger partial charge < -0.3 is 15.4 Å². The number of H-pyrrole nitrogens is 1. The molecule has 0 saturated carbocycles. The van der Waals surface area contributed by atoms with Crippen molar-refractivity contribution in [2.24, 2.45) is 0 Å². The van der Waals surface area contributed by atoms with Gasteiger partial charge in [-0.2, -0.15) is 15.3 Å². The van der Waals surface area contributed by atoms with Crippen molar-refractivity contribution in [2.45, 2.75) is 63.7 Å². The monoisotopic (exact) mass is 507 g/mol. The molecule has 0 aromatic carbocycles. The highest BCUT2D eigenvalue weighted by atomic mass is 32.1. The van der Waals surface area contributed by atoms with Crippen molar-refractivity contribution in [3.8, 4) is 6.07 Å². The van der Waals surface area contributed by atoms with Crippen molar-refractivity contribution < 1.29 is 4.74 Å². The molecule has 0 radical (unpaired) electrons. The molecule has 3 N–H and O–H groups in total. The van der Waals surface area contributed by atoms with E-state index in [2.05, 4.69) is 42.8 Å². The molecule has 3 aromatic heterocycles. The second-order valence-electron chi connectivity index (χ2n) is 10.1. The van der Waals surface area contributed by atoms with E-state index in [9.17, 15) is 0 Å². The summed E-state index contributed by atoms with van der Waals surface area (Å²) in [6.45, 7) is 7.28. The Morgan fingerprint density at radius 1 is 1.19 bits per heavy atom. The zero-order valence-corrected chi connectivity index (χ0v) is 21.5. The lowest BCUT2D eigenvalue weighted by molar-refractivity contribution is 0.0346. The Bertz CT molecular complexity index is 1230. The molecule has 3 aliphatic rings. The first-order chi connectivity index (χ1) is 17.6. The maximum Gasteiger partial charge on any atom is 0.226 e. The summed E-state index contributed by atoms with van der Waals surface area (Å²) in [4.78, 5) is 17.1. The van der Waals surface area contributed by atoms with Crippen LogP contribution in [0.5, 0.6) is 0 Å². The predicted molar refractivity (Wildman–Crippen MR) is 141 cm³/mol. The molecule has 6 heterocycles. The van der Waals surface area contributed by atoms with Crippen LogP contribution in [0, 0.1) is 18.3 Å². The van der Waals surface area contributed by atoms with Gasteiger partial charge in [-0.3, -0.25) is 14.9 Å². The minimum atomic E-state index is 0.339. The molecule has 10 nitrogen and oxygen atoms in total. The Labute approximate surface area is 215 Å². The largest absolute Gasteiger partial charge is 0.379 e. The molecule has 0 spiro atoms. The number of aryl methyl sites for hydroxylation is 1. The number of aromatic amines is 1. The third-order valence-electron chi connectivity index (χ3n) is 7.58. The minimum Gasteiger partial charge on any atom is -0.379 e. The maximum atomic E-state index is 9.02. The standard InChI is InChI=1S/C25H33N9OS/c1-16-11-22(32-31-16)28-23-21-14-20(15-33-7-9-35-10-8-33)36-24(21)30-25(29-23)27-17-12-18-3-4-19(13-17)34(18)6-2-5-26/h11,14,17-19H,2-4,6-10,12-13,15H2,1H3,(H3,27,28,29,30,31,32)/t17-,18-,19+. The van der Waals surface area contributed by atoms with E-state index in [-0.39, 0.29) is 0 Å². The number of morpholine rings is 1. The second kappa shape index (κ2) is 10.3. The number of hydrogen-bond acceptors (Lipinski definition) is 10. The zero-order chi connectivity index (χ0) is 24.5. The van der Waals surface area contributed by atoms with Gasteiger partial charge in [0.2, 0.25) is 5.95 Å². The average Bonchev–Trinajstić information content (AvgIpc) is 3.53. The molecule has 0 aliphatic carbocycles. The summed E-state index contributed by atoms with van der Waals surface area (Å²) < 4.78 is 5.51. The summed E-state index contributed by atoms with van der Waals surface area (Å²) in [6, 6.07) is 7.94. The van der Waals surface area contributed by atoms with Crippen LogP contribution in [0.15, 0.2) is 12.1 Å². The van der Waals surface area contributed by atoms with Crippen molar-refractivity contribution in [3.05, 3.63) is 22.7 Å². The zero-order valence-electron chi connectivity index (χ0n) is 20.7. The van der Waals surface area contributed by atoms with Crippen molar-refractivity contribution in [1.29, 1.82) is 5.26 Å². The Balaban J connectivity index is 1.24. The van der Waals surface area contributed by atoms with Gasteiger partial charge in [0.1, 0.15) is 10.6 Å². The van der Waals surface area contributed by atoms with Crippen molar-refractivity contribution >= 4 is 39.1 Å². The predicted octanol–water partition coefficient (Wildman–Crippen LogP) is 3.62. The van der Waals surface area contributed by atoms with Gasteiger partial charge in [0.25, 0.3) is 0 Å². The highest BCUT2D eigenvalue weighted by molar-refractivity contribution is 7.18. The number of hydrogen-bond donors (Lipinski definition) is 3. The van der Waals surface area contributed by atoms with Crippen molar-refractivity contribution in [2.75, 3.05) is 43.5 Å². The lowest BCUT2D eigenvalue weighted by atomic mass is 9.97. The molecule has 3 atom stereocenters.